The summed E-state index contributed by atoms with van der Waals surface area (Å²) < 4.78 is 14.0. The summed E-state index contributed by atoms with van der Waals surface area (Å²) in [6.07, 6.45) is 1.64. The molecule has 1 heterocycles. The fraction of sp³-hybridized carbons (Fsp3) is 0.231. The number of aromatic nitrogens is 1. The molecule has 0 unspecified atom stereocenters. The molecule has 0 bridgehead atoms. The number of aryl methyl sites for hydroxylation is 1. The molecular weight excluding hydrogens is 263 g/mol. The SMILES string of the molecule is Cc1c(NC(=S)NCCN)cc(F)c2cccnc12. The van der Waals surface area contributed by atoms with Crippen molar-refractivity contribution in [2.45, 2.75) is 6.92 Å². The predicted octanol–water partition coefficient (Wildman–Crippen LogP) is 1.93. The third-order valence-corrected chi connectivity index (χ3v) is 3.02. The van der Waals surface area contributed by atoms with Gasteiger partial charge in [-0.15, -0.1) is 0 Å². The quantitative estimate of drug-likeness (QED) is 0.749. The summed E-state index contributed by atoms with van der Waals surface area (Å²) in [5, 5.41) is 6.82. The van der Waals surface area contributed by atoms with E-state index in [-0.39, 0.29) is 5.82 Å². The van der Waals surface area contributed by atoms with Crippen molar-refractivity contribution in [3.63, 3.8) is 0 Å². The zero-order chi connectivity index (χ0) is 13.8. The number of nitrogens with two attached hydrogens (primary N) is 1. The van der Waals surface area contributed by atoms with Gasteiger partial charge in [-0.1, -0.05) is 0 Å². The Hall–Kier alpha value is -1.79. The first-order chi connectivity index (χ1) is 9.13. The number of pyridine rings is 1. The molecule has 0 amide bonds. The number of hydrogen-bond donors (Lipinski definition) is 3. The van der Waals surface area contributed by atoms with E-state index in [1.54, 1.807) is 18.3 Å². The standard InChI is InChI=1S/C13H15FN4S/c1-8-11(18-13(19)17-6-4-15)7-10(14)9-3-2-5-16-12(8)9/h2-3,5,7H,4,6,15H2,1H3,(H2,17,18,19). The van der Waals surface area contributed by atoms with E-state index in [4.69, 9.17) is 18.0 Å². The Morgan fingerprint density at radius 1 is 1.53 bits per heavy atom. The number of nitrogens with one attached hydrogen (secondary N) is 2. The highest BCUT2D eigenvalue weighted by molar-refractivity contribution is 7.80. The summed E-state index contributed by atoms with van der Waals surface area (Å²) in [6.45, 7) is 2.93. The van der Waals surface area contributed by atoms with E-state index >= 15 is 0 Å². The molecule has 0 aliphatic rings. The lowest BCUT2D eigenvalue weighted by atomic mass is 10.1. The lowest BCUT2D eigenvalue weighted by Crippen LogP contribution is -2.32. The highest BCUT2D eigenvalue weighted by Crippen LogP contribution is 2.26. The van der Waals surface area contributed by atoms with Gasteiger partial charge in [-0.25, -0.2) is 4.39 Å². The second-order valence-corrected chi connectivity index (χ2v) is 4.51. The first kappa shape index (κ1) is 13.6. The van der Waals surface area contributed by atoms with E-state index in [0.717, 1.165) is 5.56 Å². The average Bonchev–Trinajstić information content (AvgIpc) is 2.42. The molecule has 0 spiro atoms. The molecule has 6 heteroatoms. The fourth-order valence-corrected chi connectivity index (χ4v) is 2.03. The number of rotatable bonds is 3. The van der Waals surface area contributed by atoms with Crippen LogP contribution in [0.3, 0.4) is 0 Å². The zero-order valence-electron chi connectivity index (χ0n) is 10.5. The van der Waals surface area contributed by atoms with Crippen molar-refractivity contribution >= 4 is 33.9 Å². The molecule has 19 heavy (non-hydrogen) atoms. The second-order valence-electron chi connectivity index (χ2n) is 4.10. The van der Waals surface area contributed by atoms with Crippen molar-refractivity contribution < 1.29 is 4.39 Å². The normalized spacial score (nSPS) is 10.5. The van der Waals surface area contributed by atoms with Gasteiger partial charge >= 0.3 is 0 Å². The van der Waals surface area contributed by atoms with Crippen LogP contribution >= 0.6 is 12.2 Å². The highest BCUT2D eigenvalue weighted by Gasteiger charge is 2.10. The Bertz CT molecular complexity index is 615. The first-order valence-electron chi connectivity index (χ1n) is 5.92. The summed E-state index contributed by atoms with van der Waals surface area (Å²) in [5.41, 5.74) is 7.47. The summed E-state index contributed by atoms with van der Waals surface area (Å²) in [4.78, 5) is 4.21. The van der Waals surface area contributed by atoms with Gasteiger partial charge in [0.1, 0.15) is 5.82 Å². The molecular formula is C13H15FN4S. The molecule has 4 N–H and O–H groups in total. The average molecular weight is 278 g/mol. The van der Waals surface area contributed by atoms with Crippen LogP contribution in [0.1, 0.15) is 5.56 Å². The topological polar surface area (TPSA) is 63.0 Å². The highest BCUT2D eigenvalue weighted by atomic mass is 32.1. The Balaban J connectivity index is 2.34. The smallest absolute Gasteiger partial charge is 0.170 e. The third-order valence-electron chi connectivity index (χ3n) is 2.77. The minimum absolute atomic E-state index is 0.321. The first-order valence-corrected chi connectivity index (χ1v) is 6.33. The maximum absolute atomic E-state index is 14.0. The van der Waals surface area contributed by atoms with Crippen molar-refractivity contribution in [3.8, 4) is 0 Å². The van der Waals surface area contributed by atoms with E-state index in [9.17, 15) is 4.39 Å². The largest absolute Gasteiger partial charge is 0.361 e. The number of halogens is 1. The van der Waals surface area contributed by atoms with Gasteiger partial charge in [-0.3, -0.25) is 4.98 Å². The van der Waals surface area contributed by atoms with E-state index in [1.165, 1.54) is 6.07 Å². The molecule has 0 radical (unpaired) electrons. The van der Waals surface area contributed by atoms with Crippen LogP contribution in [0.15, 0.2) is 24.4 Å². The van der Waals surface area contributed by atoms with E-state index in [0.29, 0.717) is 34.8 Å². The molecule has 2 rings (SSSR count). The predicted molar refractivity (Wildman–Crippen MR) is 79.7 cm³/mol. The molecule has 100 valence electrons. The molecule has 1 aromatic carbocycles. The van der Waals surface area contributed by atoms with Gasteiger partial charge in [0, 0.05) is 30.4 Å². The Morgan fingerprint density at radius 3 is 3.05 bits per heavy atom. The Kier molecular flexibility index (Phi) is 4.24. The second kappa shape index (κ2) is 5.90. The molecule has 0 aliphatic carbocycles. The van der Waals surface area contributed by atoms with Gasteiger partial charge in [0.15, 0.2) is 5.11 Å². The van der Waals surface area contributed by atoms with Crippen LogP contribution < -0.4 is 16.4 Å². The maximum atomic E-state index is 14.0. The van der Waals surface area contributed by atoms with Crippen LogP contribution in [0.5, 0.6) is 0 Å². The van der Waals surface area contributed by atoms with E-state index in [1.807, 2.05) is 6.92 Å². The van der Waals surface area contributed by atoms with Gasteiger partial charge in [0.25, 0.3) is 0 Å². The van der Waals surface area contributed by atoms with Gasteiger partial charge in [-0.2, -0.15) is 0 Å². The molecule has 4 nitrogen and oxygen atoms in total. The van der Waals surface area contributed by atoms with Crippen LogP contribution in [-0.2, 0) is 0 Å². The van der Waals surface area contributed by atoms with Crippen molar-refractivity contribution in [3.05, 3.63) is 35.8 Å². The summed E-state index contributed by atoms with van der Waals surface area (Å²) in [7, 11) is 0. The molecule has 1 aromatic heterocycles. The van der Waals surface area contributed by atoms with Gasteiger partial charge in [-0.05, 0) is 42.9 Å². The van der Waals surface area contributed by atoms with Crippen LogP contribution in [0.25, 0.3) is 10.9 Å². The molecule has 2 aromatic rings. The monoisotopic (exact) mass is 278 g/mol. The minimum atomic E-state index is -0.321. The molecule has 0 saturated heterocycles. The Morgan fingerprint density at radius 2 is 2.32 bits per heavy atom. The van der Waals surface area contributed by atoms with Crippen LogP contribution in [0.2, 0.25) is 0 Å². The number of anilines is 1. The summed E-state index contributed by atoms with van der Waals surface area (Å²) >= 11 is 5.11. The number of fused-ring (bicyclic) bond motifs is 1. The van der Waals surface area contributed by atoms with Gasteiger partial charge < -0.3 is 16.4 Å². The fourth-order valence-electron chi connectivity index (χ4n) is 1.82. The zero-order valence-corrected chi connectivity index (χ0v) is 11.4. The number of hydrogen-bond acceptors (Lipinski definition) is 3. The number of benzene rings is 1. The van der Waals surface area contributed by atoms with Crippen LogP contribution in [0.4, 0.5) is 10.1 Å². The minimum Gasteiger partial charge on any atom is -0.361 e. The summed E-state index contributed by atoms with van der Waals surface area (Å²) in [6, 6.07) is 4.85. The van der Waals surface area contributed by atoms with Crippen molar-refractivity contribution in [1.29, 1.82) is 0 Å². The van der Waals surface area contributed by atoms with Gasteiger partial charge in [0.2, 0.25) is 0 Å². The number of thiocarbonyl (C=S) groups is 1. The molecule has 0 saturated carbocycles. The van der Waals surface area contributed by atoms with Crippen LogP contribution in [0, 0.1) is 12.7 Å². The number of nitrogens with zero attached hydrogens (tertiary/aromatic N) is 1. The lowest BCUT2D eigenvalue weighted by Gasteiger charge is -2.13. The van der Waals surface area contributed by atoms with E-state index < -0.39 is 0 Å². The molecule has 0 fully saturated rings. The Labute approximate surface area is 116 Å². The lowest BCUT2D eigenvalue weighted by molar-refractivity contribution is 0.640. The van der Waals surface area contributed by atoms with Crippen molar-refractivity contribution in [2.75, 3.05) is 18.4 Å². The molecule has 0 atom stereocenters. The molecule has 0 aliphatic heterocycles. The third kappa shape index (κ3) is 2.97. The van der Waals surface area contributed by atoms with Crippen molar-refractivity contribution in [2.24, 2.45) is 5.73 Å². The van der Waals surface area contributed by atoms with Crippen LogP contribution in [-0.4, -0.2) is 23.2 Å². The van der Waals surface area contributed by atoms with Crippen molar-refractivity contribution in [1.82, 2.24) is 10.3 Å². The van der Waals surface area contributed by atoms with Gasteiger partial charge in [0.05, 0.1) is 5.52 Å². The van der Waals surface area contributed by atoms with E-state index in [2.05, 4.69) is 15.6 Å². The summed E-state index contributed by atoms with van der Waals surface area (Å²) in [5.74, 6) is -0.321. The maximum Gasteiger partial charge on any atom is 0.170 e.